The molecule has 120 valence electrons. The van der Waals surface area contributed by atoms with Crippen LogP contribution in [0.3, 0.4) is 0 Å². The lowest BCUT2D eigenvalue weighted by atomic mass is 10.2. The smallest absolute Gasteiger partial charge is 0.264 e. The number of nitrogens with zero attached hydrogens (tertiary/aromatic N) is 5. The molecule has 0 aliphatic carbocycles. The Morgan fingerprint density at radius 2 is 2.26 bits per heavy atom. The second-order valence-electron chi connectivity index (χ2n) is 5.87. The van der Waals surface area contributed by atoms with Crippen LogP contribution in [0.4, 0.5) is 0 Å². The number of fused-ring (bicyclic) bond motifs is 1. The standard InChI is InChI=1S/C15H17N5O2S/c1-8-10-7-12(23-15(10)19(3)17-8)14(21)20-6-4-5-11(20)13-16-9(2)22-18-13/h7,11H,4-6H2,1-3H3. The second-order valence-corrected chi connectivity index (χ2v) is 6.90. The molecule has 0 N–H and O–H groups in total. The van der Waals surface area contributed by atoms with Gasteiger partial charge in [0.1, 0.15) is 4.83 Å². The summed E-state index contributed by atoms with van der Waals surface area (Å²) in [6, 6.07) is 1.85. The summed E-state index contributed by atoms with van der Waals surface area (Å²) in [5, 5.41) is 9.43. The van der Waals surface area contributed by atoms with Crippen molar-refractivity contribution in [3.63, 3.8) is 0 Å². The third kappa shape index (κ3) is 2.24. The first kappa shape index (κ1) is 14.4. The van der Waals surface area contributed by atoms with Gasteiger partial charge in [-0.1, -0.05) is 5.16 Å². The molecule has 7 nitrogen and oxygen atoms in total. The largest absolute Gasteiger partial charge is 0.340 e. The minimum absolute atomic E-state index is 0.0375. The van der Waals surface area contributed by atoms with Gasteiger partial charge in [-0.25, -0.2) is 0 Å². The maximum atomic E-state index is 12.9. The van der Waals surface area contributed by atoms with Gasteiger partial charge in [-0.2, -0.15) is 10.1 Å². The second kappa shape index (κ2) is 5.16. The van der Waals surface area contributed by atoms with E-state index in [1.165, 1.54) is 11.3 Å². The Morgan fingerprint density at radius 1 is 1.43 bits per heavy atom. The molecule has 4 heterocycles. The first-order chi connectivity index (χ1) is 11.0. The normalized spacial score (nSPS) is 18.2. The summed E-state index contributed by atoms with van der Waals surface area (Å²) in [5.74, 6) is 1.17. The average molecular weight is 331 g/mol. The van der Waals surface area contributed by atoms with Crippen molar-refractivity contribution in [1.82, 2.24) is 24.8 Å². The van der Waals surface area contributed by atoms with E-state index in [1.54, 1.807) is 6.92 Å². The number of aromatic nitrogens is 4. The van der Waals surface area contributed by atoms with Crippen LogP contribution >= 0.6 is 11.3 Å². The fraction of sp³-hybridized carbons (Fsp3) is 0.467. The number of rotatable bonds is 2. The van der Waals surface area contributed by atoms with Crippen LogP contribution in [0.1, 0.15) is 46.0 Å². The molecule has 0 radical (unpaired) electrons. The Balaban J connectivity index is 1.67. The van der Waals surface area contributed by atoms with Crippen molar-refractivity contribution >= 4 is 27.5 Å². The molecule has 1 atom stereocenters. The maximum absolute atomic E-state index is 12.9. The van der Waals surface area contributed by atoms with Crippen molar-refractivity contribution in [2.45, 2.75) is 32.7 Å². The molecule has 1 unspecified atom stereocenters. The summed E-state index contributed by atoms with van der Waals surface area (Å²) in [6.45, 7) is 4.45. The number of carbonyl (C=O) groups is 1. The van der Waals surface area contributed by atoms with E-state index in [1.807, 2.05) is 29.6 Å². The van der Waals surface area contributed by atoms with Crippen LogP contribution in [-0.4, -0.2) is 37.3 Å². The summed E-state index contributed by atoms with van der Waals surface area (Å²) in [6.07, 6.45) is 1.83. The monoisotopic (exact) mass is 331 g/mol. The van der Waals surface area contributed by atoms with E-state index in [4.69, 9.17) is 4.52 Å². The highest BCUT2D eigenvalue weighted by molar-refractivity contribution is 7.20. The first-order valence-corrected chi connectivity index (χ1v) is 8.40. The summed E-state index contributed by atoms with van der Waals surface area (Å²) >= 11 is 1.49. The lowest BCUT2D eigenvalue weighted by molar-refractivity contribution is 0.0733. The summed E-state index contributed by atoms with van der Waals surface area (Å²) in [5.41, 5.74) is 0.949. The molecule has 0 spiro atoms. The Morgan fingerprint density at radius 3 is 2.96 bits per heavy atom. The highest BCUT2D eigenvalue weighted by atomic mass is 32.1. The minimum Gasteiger partial charge on any atom is -0.340 e. The number of aryl methyl sites for hydroxylation is 3. The highest BCUT2D eigenvalue weighted by Gasteiger charge is 2.34. The van der Waals surface area contributed by atoms with Gasteiger partial charge in [0.15, 0.2) is 5.82 Å². The van der Waals surface area contributed by atoms with E-state index in [0.717, 1.165) is 40.2 Å². The fourth-order valence-electron chi connectivity index (χ4n) is 3.18. The molecule has 0 saturated carbocycles. The number of hydrogen-bond acceptors (Lipinski definition) is 6. The Hall–Kier alpha value is -2.22. The lowest BCUT2D eigenvalue weighted by Crippen LogP contribution is -2.30. The van der Waals surface area contributed by atoms with Gasteiger partial charge in [0.25, 0.3) is 5.91 Å². The first-order valence-electron chi connectivity index (χ1n) is 7.59. The van der Waals surface area contributed by atoms with Crippen molar-refractivity contribution in [1.29, 1.82) is 0 Å². The van der Waals surface area contributed by atoms with Crippen molar-refractivity contribution in [2.24, 2.45) is 7.05 Å². The number of amides is 1. The average Bonchev–Trinajstić information content (AvgIpc) is 3.26. The van der Waals surface area contributed by atoms with Gasteiger partial charge >= 0.3 is 0 Å². The van der Waals surface area contributed by atoms with Crippen LogP contribution < -0.4 is 0 Å². The van der Waals surface area contributed by atoms with Crippen LogP contribution in [0.25, 0.3) is 10.2 Å². The molecule has 3 aromatic heterocycles. The number of likely N-dealkylation sites (tertiary alicyclic amines) is 1. The zero-order valence-corrected chi connectivity index (χ0v) is 14.1. The third-order valence-electron chi connectivity index (χ3n) is 4.26. The van der Waals surface area contributed by atoms with E-state index < -0.39 is 0 Å². The third-order valence-corrected chi connectivity index (χ3v) is 5.45. The van der Waals surface area contributed by atoms with Gasteiger partial charge < -0.3 is 9.42 Å². The Kier molecular flexibility index (Phi) is 3.22. The molecule has 8 heteroatoms. The van der Waals surface area contributed by atoms with Gasteiger partial charge in [0, 0.05) is 25.9 Å². The van der Waals surface area contributed by atoms with Gasteiger partial charge in [0.2, 0.25) is 5.89 Å². The number of thiophene rings is 1. The Bertz CT molecular complexity index is 859. The molecular formula is C15H17N5O2S. The van der Waals surface area contributed by atoms with Crippen LogP contribution in [0.2, 0.25) is 0 Å². The SMILES string of the molecule is Cc1nc(C2CCCN2C(=O)c2cc3c(C)nn(C)c3s2)no1. The molecule has 4 rings (SSSR count). The predicted molar refractivity (Wildman–Crippen MR) is 85.4 cm³/mol. The van der Waals surface area contributed by atoms with Crippen LogP contribution in [0.5, 0.6) is 0 Å². The highest BCUT2D eigenvalue weighted by Crippen LogP contribution is 2.34. The zero-order chi connectivity index (χ0) is 16.1. The van der Waals surface area contributed by atoms with Crippen molar-refractivity contribution < 1.29 is 9.32 Å². The quantitative estimate of drug-likeness (QED) is 0.721. The van der Waals surface area contributed by atoms with Crippen molar-refractivity contribution in [3.8, 4) is 0 Å². The summed E-state index contributed by atoms with van der Waals surface area (Å²) in [4.78, 5) is 20.9. The van der Waals surface area contributed by atoms with Gasteiger partial charge in [0.05, 0.1) is 16.6 Å². The topological polar surface area (TPSA) is 77.1 Å². The number of carbonyl (C=O) groups excluding carboxylic acids is 1. The molecule has 23 heavy (non-hydrogen) atoms. The van der Waals surface area contributed by atoms with E-state index in [0.29, 0.717) is 11.7 Å². The van der Waals surface area contributed by atoms with Crippen LogP contribution in [0, 0.1) is 13.8 Å². The van der Waals surface area contributed by atoms with Crippen molar-refractivity contribution in [3.05, 3.63) is 28.4 Å². The van der Waals surface area contributed by atoms with Crippen LogP contribution in [0.15, 0.2) is 10.6 Å². The van der Waals surface area contributed by atoms with E-state index in [9.17, 15) is 4.79 Å². The molecule has 1 fully saturated rings. The molecule has 3 aromatic rings. The van der Waals surface area contributed by atoms with Crippen LogP contribution in [-0.2, 0) is 7.05 Å². The van der Waals surface area contributed by atoms with Gasteiger partial charge in [-0.3, -0.25) is 9.48 Å². The Labute approximate surface area is 136 Å². The van der Waals surface area contributed by atoms with Gasteiger partial charge in [-0.15, -0.1) is 11.3 Å². The molecule has 1 aliphatic heterocycles. The maximum Gasteiger partial charge on any atom is 0.264 e. The van der Waals surface area contributed by atoms with Gasteiger partial charge in [-0.05, 0) is 25.8 Å². The molecule has 1 amide bonds. The molecule has 0 aromatic carbocycles. The molecular weight excluding hydrogens is 314 g/mol. The molecule has 0 bridgehead atoms. The summed E-state index contributed by atoms with van der Waals surface area (Å²) in [7, 11) is 1.90. The van der Waals surface area contributed by atoms with E-state index in [2.05, 4.69) is 15.2 Å². The predicted octanol–water partition coefficient (Wildman–Crippen LogP) is 2.61. The summed E-state index contributed by atoms with van der Waals surface area (Å²) < 4.78 is 6.90. The van der Waals surface area contributed by atoms with E-state index >= 15 is 0 Å². The lowest BCUT2D eigenvalue weighted by Gasteiger charge is -2.21. The molecule has 1 aliphatic rings. The van der Waals surface area contributed by atoms with Crippen molar-refractivity contribution in [2.75, 3.05) is 6.54 Å². The zero-order valence-electron chi connectivity index (χ0n) is 13.2. The molecule has 1 saturated heterocycles. The minimum atomic E-state index is -0.0932. The van der Waals surface area contributed by atoms with E-state index in [-0.39, 0.29) is 11.9 Å². The number of hydrogen-bond donors (Lipinski definition) is 0. The fourth-order valence-corrected chi connectivity index (χ4v) is 4.26.